The second-order valence-corrected chi connectivity index (χ2v) is 5.93. The average Bonchev–Trinajstić information content (AvgIpc) is 3.07. The number of nitrogens with zero attached hydrogens (tertiary/aromatic N) is 3. The smallest absolute Gasteiger partial charge is 0.274 e. The number of piperidine rings is 1. The lowest BCUT2D eigenvalue weighted by Crippen LogP contribution is -2.45. The Hall–Kier alpha value is -2.34. The van der Waals surface area contributed by atoms with E-state index in [1.165, 1.54) is 0 Å². The summed E-state index contributed by atoms with van der Waals surface area (Å²) in [6.45, 7) is 3.03. The molecule has 1 fully saturated rings. The van der Waals surface area contributed by atoms with E-state index in [9.17, 15) is 9.90 Å². The molecule has 6 nitrogen and oxygen atoms in total. The molecule has 1 aliphatic rings. The molecule has 0 bridgehead atoms. The van der Waals surface area contributed by atoms with Crippen molar-refractivity contribution in [2.45, 2.75) is 19.4 Å². The third-order valence-corrected chi connectivity index (χ3v) is 4.35. The maximum atomic E-state index is 12.5. The Labute approximate surface area is 135 Å². The molecular formula is C17H21N3O3. The molecule has 2 unspecified atom stereocenters. The number of aromatic nitrogens is 2. The van der Waals surface area contributed by atoms with Crippen molar-refractivity contribution in [2.75, 3.05) is 20.2 Å². The zero-order valence-corrected chi connectivity index (χ0v) is 13.3. The SMILES string of the molecule is COc1ccc(-n2ccc(C(=O)N3CCC(C)C(O)C3)n2)cc1. The zero-order valence-electron chi connectivity index (χ0n) is 13.3. The van der Waals surface area contributed by atoms with Gasteiger partial charge in [-0.15, -0.1) is 0 Å². The molecule has 1 saturated heterocycles. The molecule has 0 aliphatic carbocycles. The van der Waals surface area contributed by atoms with Crippen LogP contribution in [-0.2, 0) is 0 Å². The molecule has 122 valence electrons. The van der Waals surface area contributed by atoms with Crippen molar-refractivity contribution < 1.29 is 14.6 Å². The number of carbonyl (C=O) groups is 1. The van der Waals surface area contributed by atoms with Crippen molar-refractivity contribution >= 4 is 5.91 Å². The summed E-state index contributed by atoms with van der Waals surface area (Å²) in [7, 11) is 1.62. The standard InChI is InChI=1S/C17H21N3O3/c1-12-7-9-19(11-16(12)21)17(22)15-8-10-20(18-15)13-3-5-14(23-2)6-4-13/h3-6,8,10,12,16,21H,7,9,11H2,1-2H3. The number of ether oxygens (including phenoxy) is 1. The predicted molar refractivity (Wildman–Crippen MR) is 85.8 cm³/mol. The fourth-order valence-corrected chi connectivity index (χ4v) is 2.71. The molecule has 0 spiro atoms. The van der Waals surface area contributed by atoms with Gasteiger partial charge in [-0.2, -0.15) is 5.10 Å². The van der Waals surface area contributed by atoms with Crippen molar-refractivity contribution in [1.29, 1.82) is 0 Å². The summed E-state index contributed by atoms with van der Waals surface area (Å²) in [5.41, 5.74) is 1.25. The molecule has 6 heteroatoms. The third-order valence-electron chi connectivity index (χ3n) is 4.35. The first-order chi connectivity index (χ1) is 11.1. The number of hydrogen-bond donors (Lipinski definition) is 1. The summed E-state index contributed by atoms with van der Waals surface area (Å²) in [6.07, 6.45) is 2.11. The number of β-amino-alcohol motifs (C(OH)–C–C–N with tert-alkyl or cyclic N) is 1. The van der Waals surface area contributed by atoms with E-state index in [0.29, 0.717) is 18.8 Å². The van der Waals surface area contributed by atoms with E-state index in [4.69, 9.17) is 4.74 Å². The van der Waals surface area contributed by atoms with E-state index in [1.54, 1.807) is 29.0 Å². The Morgan fingerprint density at radius 1 is 1.30 bits per heavy atom. The number of hydrogen-bond acceptors (Lipinski definition) is 4. The summed E-state index contributed by atoms with van der Waals surface area (Å²) >= 11 is 0. The van der Waals surface area contributed by atoms with E-state index in [-0.39, 0.29) is 11.8 Å². The van der Waals surface area contributed by atoms with Crippen molar-refractivity contribution in [3.8, 4) is 11.4 Å². The highest BCUT2D eigenvalue weighted by Crippen LogP contribution is 2.19. The predicted octanol–water partition coefficient (Wildman–Crippen LogP) is 1.72. The van der Waals surface area contributed by atoms with Gasteiger partial charge >= 0.3 is 0 Å². The van der Waals surface area contributed by atoms with Crippen molar-refractivity contribution in [3.63, 3.8) is 0 Å². The Morgan fingerprint density at radius 2 is 2.04 bits per heavy atom. The maximum Gasteiger partial charge on any atom is 0.274 e. The first-order valence-electron chi connectivity index (χ1n) is 7.76. The highest BCUT2D eigenvalue weighted by atomic mass is 16.5. The summed E-state index contributed by atoms with van der Waals surface area (Å²) < 4.78 is 6.79. The Morgan fingerprint density at radius 3 is 2.70 bits per heavy atom. The fourth-order valence-electron chi connectivity index (χ4n) is 2.71. The van der Waals surface area contributed by atoms with Gasteiger partial charge in [-0.1, -0.05) is 6.92 Å². The van der Waals surface area contributed by atoms with Gasteiger partial charge in [0.25, 0.3) is 5.91 Å². The molecule has 1 amide bonds. The van der Waals surface area contributed by atoms with Crippen LogP contribution < -0.4 is 4.74 Å². The van der Waals surface area contributed by atoms with Crippen LogP contribution in [0.1, 0.15) is 23.8 Å². The minimum absolute atomic E-state index is 0.136. The van der Waals surface area contributed by atoms with Crippen LogP contribution in [0.5, 0.6) is 5.75 Å². The first kappa shape index (κ1) is 15.6. The van der Waals surface area contributed by atoms with Crippen LogP contribution in [-0.4, -0.2) is 52.0 Å². The minimum atomic E-state index is -0.462. The molecule has 3 rings (SSSR count). The first-order valence-corrected chi connectivity index (χ1v) is 7.76. The second-order valence-electron chi connectivity index (χ2n) is 5.93. The highest BCUT2D eigenvalue weighted by Gasteiger charge is 2.28. The van der Waals surface area contributed by atoms with Gasteiger partial charge in [0, 0.05) is 19.3 Å². The van der Waals surface area contributed by atoms with Crippen molar-refractivity contribution in [3.05, 3.63) is 42.2 Å². The molecule has 1 N–H and O–H groups in total. The molecule has 23 heavy (non-hydrogen) atoms. The quantitative estimate of drug-likeness (QED) is 0.936. The van der Waals surface area contributed by atoms with Gasteiger partial charge in [0.2, 0.25) is 0 Å². The van der Waals surface area contributed by atoms with E-state index < -0.39 is 6.10 Å². The summed E-state index contributed by atoms with van der Waals surface area (Å²) in [5, 5.41) is 14.3. The van der Waals surface area contributed by atoms with Crippen molar-refractivity contribution in [2.24, 2.45) is 5.92 Å². The number of carbonyl (C=O) groups excluding carboxylic acids is 1. The summed E-state index contributed by atoms with van der Waals surface area (Å²) in [5.74, 6) is 0.868. The number of likely N-dealkylation sites (tertiary alicyclic amines) is 1. The van der Waals surface area contributed by atoms with Crippen molar-refractivity contribution in [1.82, 2.24) is 14.7 Å². The maximum absolute atomic E-state index is 12.5. The lowest BCUT2D eigenvalue weighted by atomic mass is 9.96. The van der Waals surface area contributed by atoms with Crippen LogP contribution in [0.3, 0.4) is 0 Å². The molecule has 1 aliphatic heterocycles. The lowest BCUT2D eigenvalue weighted by Gasteiger charge is -2.33. The normalized spacial score (nSPS) is 21.3. The van der Waals surface area contributed by atoms with Crippen LogP contribution in [0.25, 0.3) is 5.69 Å². The number of benzene rings is 1. The Balaban J connectivity index is 1.74. The third kappa shape index (κ3) is 3.22. The van der Waals surface area contributed by atoms with E-state index in [1.807, 2.05) is 31.2 Å². The molecule has 2 atom stereocenters. The molecule has 0 saturated carbocycles. The number of rotatable bonds is 3. The van der Waals surface area contributed by atoms with E-state index in [2.05, 4.69) is 5.10 Å². The van der Waals surface area contributed by atoms with Gasteiger partial charge in [-0.25, -0.2) is 4.68 Å². The number of aliphatic hydroxyl groups is 1. The van der Waals surface area contributed by atoms with Crippen LogP contribution in [0.2, 0.25) is 0 Å². The van der Waals surface area contributed by atoms with Gasteiger partial charge < -0.3 is 14.7 Å². The van der Waals surface area contributed by atoms with Gasteiger partial charge in [-0.3, -0.25) is 4.79 Å². The summed E-state index contributed by atoms with van der Waals surface area (Å²) in [4.78, 5) is 14.2. The number of aliphatic hydroxyl groups excluding tert-OH is 1. The molecular weight excluding hydrogens is 294 g/mol. The summed E-state index contributed by atoms with van der Waals surface area (Å²) in [6, 6.07) is 9.16. The average molecular weight is 315 g/mol. The van der Waals surface area contributed by atoms with Crippen LogP contribution in [0.15, 0.2) is 36.5 Å². The van der Waals surface area contributed by atoms with Gasteiger partial charge in [0.15, 0.2) is 5.69 Å². The molecule has 1 aromatic carbocycles. The molecule has 2 aromatic rings. The largest absolute Gasteiger partial charge is 0.497 e. The fraction of sp³-hybridized carbons (Fsp3) is 0.412. The topological polar surface area (TPSA) is 67.6 Å². The second kappa shape index (κ2) is 6.42. The van der Waals surface area contributed by atoms with Gasteiger partial charge in [0.05, 0.1) is 18.9 Å². The zero-order chi connectivity index (χ0) is 16.4. The van der Waals surface area contributed by atoms with Crippen LogP contribution in [0.4, 0.5) is 0 Å². The molecule has 2 heterocycles. The van der Waals surface area contributed by atoms with Crippen LogP contribution >= 0.6 is 0 Å². The minimum Gasteiger partial charge on any atom is -0.497 e. The monoisotopic (exact) mass is 315 g/mol. The number of amides is 1. The Bertz CT molecular complexity index is 681. The molecule has 0 radical (unpaired) electrons. The van der Waals surface area contributed by atoms with E-state index in [0.717, 1.165) is 17.9 Å². The van der Waals surface area contributed by atoms with Gasteiger partial charge in [-0.05, 0) is 42.7 Å². The number of methoxy groups -OCH3 is 1. The van der Waals surface area contributed by atoms with E-state index >= 15 is 0 Å². The van der Waals surface area contributed by atoms with Gasteiger partial charge in [0.1, 0.15) is 5.75 Å². The Kier molecular flexibility index (Phi) is 4.34. The lowest BCUT2D eigenvalue weighted by molar-refractivity contribution is 0.0245. The highest BCUT2D eigenvalue weighted by molar-refractivity contribution is 5.92. The molecule has 1 aromatic heterocycles. The van der Waals surface area contributed by atoms with Crippen LogP contribution in [0, 0.1) is 5.92 Å².